The molecule has 1 heterocycles. The number of hydrogen-bond acceptors (Lipinski definition) is 3. The summed E-state index contributed by atoms with van der Waals surface area (Å²) in [6, 6.07) is 6.23. The van der Waals surface area contributed by atoms with Gasteiger partial charge in [-0.1, -0.05) is 25.1 Å². The molecule has 3 heteroatoms. The molecule has 2 unspecified atom stereocenters. The number of epoxide rings is 1. The van der Waals surface area contributed by atoms with Gasteiger partial charge >= 0.3 is 5.97 Å². The predicted molar refractivity (Wildman–Crippen MR) is 64.8 cm³/mol. The Morgan fingerprint density at radius 1 is 1.41 bits per heavy atom. The van der Waals surface area contributed by atoms with Crippen LogP contribution in [0.15, 0.2) is 18.2 Å². The standard InChI is InChI=1S/C14H18O3/c1-4-10-8-11(7-6-9(10)3)12-13(17-12)14(15)16-5-2/h6-8,12-13H,4-5H2,1-3H3. The third-order valence-corrected chi connectivity index (χ3v) is 3.09. The first kappa shape index (κ1) is 12.1. The Morgan fingerprint density at radius 3 is 2.82 bits per heavy atom. The first-order valence-corrected chi connectivity index (χ1v) is 6.08. The van der Waals surface area contributed by atoms with Crippen LogP contribution in [0.3, 0.4) is 0 Å². The van der Waals surface area contributed by atoms with E-state index in [0.29, 0.717) is 6.61 Å². The fourth-order valence-corrected chi connectivity index (χ4v) is 2.02. The van der Waals surface area contributed by atoms with E-state index in [1.165, 1.54) is 11.1 Å². The highest BCUT2D eigenvalue weighted by Crippen LogP contribution is 2.40. The van der Waals surface area contributed by atoms with Gasteiger partial charge in [0.2, 0.25) is 0 Å². The average Bonchev–Trinajstić information content (AvgIpc) is 3.10. The van der Waals surface area contributed by atoms with Crippen LogP contribution in [-0.4, -0.2) is 18.7 Å². The Labute approximate surface area is 102 Å². The van der Waals surface area contributed by atoms with Crippen LogP contribution in [0.4, 0.5) is 0 Å². The maximum absolute atomic E-state index is 11.5. The highest BCUT2D eigenvalue weighted by atomic mass is 16.6. The number of carbonyl (C=O) groups excluding carboxylic acids is 1. The quantitative estimate of drug-likeness (QED) is 0.593. The normalized spacial score (nSPS) is 22.3. The Balaban J connectivity index is 2.08. The van der Waals surface area contributed by atoms with Gasteiger partial charge in [0.25, 0.3) is 0 Å². The molecule has 0 spiro atoms. The maximum Gasteiger partial charge on any atom is 0.338 e. The Kier molecular flexibility index (Phi) is 3.48. The summed E-state index contributed by atoms with van der Waals surface area (Å²) >= 11 is 0. The van der Waals surface area contributed by atoms with Gasteiger partial charge in [-0.05, 0) is 37.0 Å². The van der Waals surface area contributed by atoms with Gasteiger partial charge in [-0.15, -0.1) is 0 Å². The van der Waals surface area contributed by atoms with Crippen molar-refractivity contribution in [2.75, 3.05) is 6.61 Å². The van der Waals surface area contributed by atoms with E-state index in [4.69, 9.17) is 9.47 Å². The topological polar surface area (TPSA) is 38.8 Å². The molecule has 1 aliphatic heterocycles. The van der Waals surface area contributed by atoms with Crippen molar-refractivity contribution in [3.63, 3.8) is 0 Å². The first-order valence-electron chi connectivity index (χ1n) is 6.08. The smallest absolute Gasteiger partial charge is 0.338 e. The molecular weight excluding hydrogens is 216 g/mol. The van der Waals surface area contributed by atoms with Crippen molar-refractivity contribution in [3.05, 3.63) is 34.9 Å². The lowest BCUT2D eigenvalue weighted by atomic mass is 10.0. The van der Waals surface area contributed by atoms with Gasteiger partial charge in [0.1, 0.15) is 6.10 Å². The van der Waals surface area contributed by atoms with Gasteiger partial charge < -0.3 is 9.47 Å². The van der Waals surface area contributed by atoms with E-state index in [1.54, 1.807) is 6.92 Å². The van der Waals surface area contributed by atoms with Crippen LogP contribution in [0.5, 0.6) is 0 Å². The van der Waals surface area contributed by atoms with E-state index in [-0.39, 0.29) is 12.1 Å². The molecule has 0 radical (unpaired) electrons. The highest BCUT2D eigenvalue weighted by molar-refractivity contribution is 5.78. The summed E-state index contributed by atoms with van der Waals surface area (Å²) in [6.45, 7) is 6.43. The molecule has 0 bridgehead atoms. The fraction of sp³-hybridized carbons (Fsp3) is 0.500. The second kappa shape index (κ2) is 4.88. The number of ether oxygens (including phenoxy) is 2. The van der Waals surface area contributed by atoms with Crippen molar-refractivity contribution in [3.8, 4) is 0 Å². The molecule has 1 fully saturated rings. The predicted octanol–water partition coefficient (Wildman–Crippen LogP) is 2.56. The van der Waals surface area contributed by atoms with Gasteiger partial charge in [-0.2, -0.15) is 0 Å². The van der Waals surface area contributed by atoms with Crippen molar-refractivity contribution in [2.45, 2.75) is 39.4 Å². The summed E-state index contributed by atoms with van der Waals surface area (Å²) in [5.74, 6) is -0.254. The number of hydrogen-bond donors (Lipinski definition) is 0. The molecule has 0 aromatic heterocycles. The van der Waals surface area contributed by atoms with Gasteiger partial charge in [0.05, 0.1) is 6.61 Å². The largest absolute Gasteiger partial charge is 0.464 e. The Morgan fingerprint density at radius 2 is 2.18 bits per heavy atom. The minimum absolute atomic E-state index is 0.111. The summed E-state index contributed by atoms with van der Waals surface area (Å²) in [7, 11) is 0. The van der Waals surface area contributed by atoms with Gasteiger partial charge in [0, 0.05) is 0 Å². The van der Waals surface area contributed by atoms with Crippen LogP contribution in [0.25, 0.3) is 0 Å². The lowest BCUT2D eigenvalue weighted by Crippen LogP contribution is -2.11. The van der Waals surface area contributed by atoms with E-state index >= 15 is 0 Å². The molecule has 1 saturated heterocycles. The third-order valence-electron chi connectivity index (χ3n) is 3.09. The molecule has 17 heavy (non-hydrogen) atoms. The van der Waals surface area contributed by atoms with Crippen LogP contribution in [0.2, 0.25) is 0 Å². The molecule has 2 atom stereocenters. The molecule has 0 aliphatic carbocycles. The van der Waals surface area contributed by atoms with E-state index in [1.807, 2.05) is 6.07 Å². The van der Waals surface area contributed by atoms with E-state index < -0.39 is 6.10 Å². The zero-order valence-corrected chi connectivity index (χ0v) is 10.5. The molecule has 3 nitrogen and oxygen atoms in total. The van der Waals surface area contributed by atoms with Crippen molar-refractivity contribution in [1.29, 1.82) is 0 Å². The fourth-order valence-electron chi connectivity index (χ4n) is 2.02. The van der Waals surface area contributed by atoms with Crippen molar-refractivity contribution in [1.82, 2.24) is 0 Å². The zero-order chi connectivity index (χ0) is 12.4. The lowest BCUT2D eigenvalue weighted by Gasteiger charge is -2.05. The van der Waals surface area contributed by atoms with Crippen LogP contribution >= 0.6 is 0 Å². The number of rotatable bonds is 4. The number of carbonyl (C=O) groups is 1. The van der Waals surface area contributed by atoms with Gasteiger partial charge in [0.15, 0.2) is 6.10 Å². The molecule has 0 N–H and O–H groups in total. The van der Waals surface area contributed by atoms with Gasteiger partial charge in [-0.25, -0.2) is 4.79 Å². The molecule has 0 saturated carbocycles. The molecule has 1 aromatic rings. The first-order chi connectivity index (χ1) is 8.17. The molecule has 2 rings (SSSR count). The van der Waals surface area contributed by atoms with Crippen molar-refractivity contribution >= 4 is 5.97 Å². The lowest BCUT2D eigenvalue weighted by molar-refractivity contribution is -0.144. The van der Waals surface area contributed by atoms with Gasteiger partial charge in [-0.3, -0.25) is 0 Å². The molecule has 1 aromatic carbocycles. The molecule has 92 valence electrons. The highest BCUT2D eigenvalue weighted by Gasteiger charge is 2.47. The third kappa shape index (κ3) is 2.50. The van der Waals surface area contributed by atoms with Crippen LogP contribution in [-0.2, 0) is 20.7 Å². The molecular formula is C14H18O3. The summed E-state index contributed by atoms with van der Waals surface area (Å²) in [6.07, 6.45) is 0.485. The molecule has 0 amide bonds. The minimum Gasteiger partial charge on any atom is -0.464 e. The average molecular weight is 234 g/mol. The summed E-state index contributed by atoms with van der Waals surface area (Å²) in [4.78, 5) is 11.5. The summed E-state index contributed by atoms with van der Waals surface area (Å²) < 4.78 is 10.3. The van der Waals surface area contributed by atoms with Crippen molar-refractivity contribution in [2.24, 2.45) is 0 Å². The van der Waals surface area contributed by atoms with Crippen LogP contribution in [0.1, 0.15) is 36.6 Å². The van der Waals surface area contributed by atoms with Crippen LogP contribution in [0, 0.1) is 6.92 Å². The zero-order valence-electron chi connectivity index (χ0n) is 10.5. The Bertz CT molecular complexity index is 425. The minimum atomic E-state index is -0.401. The van der Waals surface area contributed by atoms with E-state index in [2.05, 4.69) is 26.0 Å². The SMILES string of the molecule is CCOC(=O)C1OC1c1ccc(C)c(CC)c1. The second-order valence-electron chi connectivity index (χ2n) is 4.27. The molecule has 1 aliphatic rings. The van der Waals surface area contributed by atoms with Crippen molar-refractivity contribution < 1.29 is 14.3 Å². The number of esters is 1. The Hall–Kier alpha value is -1.35. The maximum atomic E-state index is 11.5. The van der Waals surface area contributed by atoms with E-state index in [9.17, 15) is 4.79 Å². The second-order valence-corrected chi connectivity index (χ2v) is 4.27. The number of aryl methyl sites for hydroxylation is 2. The monoisotopic (exact) mass is 234 g/mol. The number of benzene rings is 1. The summed E-state index contributed by atoms with van der Waals surface area (Å²) in [5.41, 5.74) is 3.66. The summed E-state index contributed by atoms with van der Waals surface area (Å²) in [5, 5.41) is 0. The van der Waals surface area contributed by atoms with Crippen LogP contribution < -0.4 is 0 Å². The van der Waals surface area contributed by atoms with E-state index in [0.717, 1.165) is 12.0 Å².